The van der Waals surface area contributed by atoms with Crippen molar-refractivity contribution in [3.63, 3.8) is 0 Å². The smallest absolute Gasteiger partial charge is 0.226 e. The zero-order valence-electron chi connectivity index (χ0n) is 16.4. The van der Waals surface area contributed by atoms with Crippen molar-refractivity contribution in [2.24, 2.45) is 0 Å². The van der Waals surface area contributed by atoms with Crippen molar-refractivity contribution >= 4 is 11.6 Å². The van der Waals surface area contributed by atoms with Crippen LogP contribution in [0.25, 0.3) is 0 Å². The normalized spacial score (nSPS) is 15.5. The monoisotopic (exact) mass is 366 g/mol. The van der Waals surface area contributed by atoms with Gasteiger partial charge in [0.05, 0.1) is 7.11 Å². The number of carbonyl (C=O) groups excluding carboxylic acids is 1. The third-order valence-electron chi connectivity index (χ3n) is 5.40. The molecule has 27 heavy (non-hydrogen) atoms. The summed E-state index contributed by atoms with van der Waals surface area (Å²) in [4.78, 5) is 17.2. The largest absolute Gasteiger partial charge is 0.497 e. The lowest BCUT2D eigenvalue weighted by Crippen LogP contribution is -2.47. The number of methoxy groups -OCH3 is 1. The quantitative estimate of drug-likeness (QED) is 0.738. The number of carbonyl (C=O) groups is 1. The van der Waals surface area contributed by atoms with Crippen molar-refractivity contribution in [3.05, 3.63) is 60.2 Å². The SMILES string of the molecule is CCC(=O)N(c1ccc(OC)cc1)C1CCN(CCc2ccccc2)CC1. The fourth-order valence-corrected chi connectivity index (χ4v) is 3.80. The summed E-state index contributed by atoms with van der Waals surface area (Å²) >= 11 is 0. The van der Waals surface area contributed by atoms with Crippen LogP contribution >= 0.6 is 0 Å². The van der Waals surface area contributed by atoms with Gasteiger partial charge in [0.2, 0.25) is 5.91 Å². The van der Waals surface area contributed by atoms with Gasteiger partial charge in [0.25, 0.3) is 0 Å². The third-order valence-corrected chi connectivity index (χ3v) is 5.40. The molecule has 144 valence electrons. The Bertz CT molecular complexity index is 707. The van der Waals surface area contributed by atoms with Crippen LogP contribution in [-0.2, 0) is 11.2 Å². The number of benzene rings is 2. The van der Waals surface area contributed by atoms with Crippen molar-refractivity contribution in [2.75, 3.05) is 31.6 Å². The van der Waals surface area contributed by atoms with E-state index < -0.39 is 0 Å². The Morgan fingerprint density at radius 2 is 1.74 bits per heavy atom. The molecule has 1 amide bonds. The summed E-state index contributed by atoms with van der Waals surface area (Å²) in [5.41, 5.74) is 2.37. The Hall–Kier alpha value is -2.33. The Morgan fingerprint density at radius 1 is 1.07 bits per heavy atom. The summed E-state index contributed by atoms with van der Waals surface area (Å²) < 4.78 is 5.25. The average molecular weight is 367 g/mol. The molecule has 0 radical (unpaired) electrons. The molecule has 2 aromatic rings. The number of anilines is 1. The van der Waals surface area contributed by atoms with E-state index in [-0.39, 0.29) is 11.9 Å². The molecule has 3 rings (SSSR count). The van der Waals surface area contributed by atoms with Gasteiger partial charge in [-0.1, -0.05) is 37.3 Å². The van der Waals surface area contributed by atoms with Crippen LogP contribution in [0.5, 0.6) is 5.75 Å². The van der Waals surface area contributed by atoms with E-state index in [1.807, 2.05) is 36.1 Å². The summed E-state index contributed by atoms with van der Waals surface area (Å²) in [5, 5.41) is 0. The summed E-state index contributed by atoms with van der Waals surface area (Å²) in [5.74, 6) is 1.02. The number of amides is 1. The van der Waals surface area contributed by atoms with Crippen LogP contribution < -0.4 is 9.64 Å². The van der Waals surface area contributed by atoms with E-state index in [9.17, 15) is 4.79 Å². The van der Waals surface area contributed by atoms with E-state index in [2.05, 4.69) is 35.2 Å². The average Bonchev–Trinajstić information content (AvgIpc) is 2.74. The van der Waals surface area contributed by atoms with Crippen LogP contribution in [0.1, 0.15) is 31.7 Å². The molecule has 0 bridgehead atoms. The molecular weight excluding hydrogens is 336 g/mol. The van der Waals surface area contributed by atoms with E-state index in [1.54, 1.807) is 7.11 Å². The minimum Gasteiger partial charge on any atom is -0.497 e. The van der Waals surface area contributed by atoms with Crippen molar-refractivity contribution in [1.82, 2.24) is 4.90 Å². The lowest BCUT2D eigenvalue weighted by Gasteiger charge is -2.38. The van der Waals surface area contributed by atoms with Gasteiger partial charge in [0, 0.05) is 37.8 Å². The first-order chi connectivity index (χ1) is 13.2. The maximum Gasteiger partial charge on any atom is 0.226 e. The summed E-state index contributed by atoms with van der Waals surface area (Å²) in [6.07, 6.45) is 3.65. The molecule has 0 aliphatic carbocycles. The van der Waals surface area contributed by atoms with Crippen LogP contribution in [0.3, 0.4) is 0 Å². The number of hydrogen-bond acceptors (Lipinski definition) is 3. The number of ether oxygens (including phenoxy) is 1. The zero-order valence-corrected chi connectivity index (χ0v) is 16.4. The Labute approximate surface area is 162 Å². The zero-order chi connectivity index (χ0) is 19.1. The van der Waals surface area contributed by atoms with Gasteiger partial charge < -0.3 is 14.5 Å². The molecule has 0 aromatic heterocycles. The predicted molar refractivity (Wildman–Crippen MR) is 110 cm³/mol. The van der Waals surface area contributed by atoms with Crippen molar-refractivity contribution < 1.29 is 9.53 Å². The maximum absolute atomic E-state index is 12.6. The van der Waals surface area contributed by atoms with Gasteiger partial charge in [0.15, 0.2) is 0 Å². The van der Waals surface area contributed by atoms with E-state index in [1.165, 1.54) is 5.56 Å². The highest BCUT2D eigenvalue weighted by Crippen LogP contribution is 2.26. The molecular formula is C23H30N2O2. The molecule has 4 nitrogen and oxygen atoms in total. The highest BCUT2D eigenvalue weighted by Gasteiger charge is 2.28. The van der Waals surface area contributed by atoms with Gasteiger partial charge in [-0.15, -0.1) is 0 Å². The van der Waals surface area contributed by atoms with Gasteiger partial charge in [-0.05, 0) is 49.1 Å². The first-order valence-corrected chi connectivity index (χ1v) is 9.93. The minimum absolute atomic E-state index is 0.197. The molecule has 2 aromatic carbocycles. The molecule has 1 fully saturated rings. The molecule has 4 heteroatoms. The first-order valence-electron chi connectivity index (χ1n) is 9.93. The lowest BCUT2D eigenvalue weighted by molar-refractivity contribution is -0.119. The van der Waals surface area contributed by atoms with Gasteiger partial charge in [-0.2, -0.15) is 0 Å². The molecule has 1 heterocycles. The van der Waals surface area contributed by atoms with Gasteiger partial charge in [0.1, 0.15) is 5.75 Å². The van der Waals surface area contributed by atoms with Crippen LogP contribution in [-0.4, -0.2) is 43.6 Å². The van der Waals surface area contributed by atoms with Crippen LogP contribution in [0.2, 0.25) is 0 Å². The lowest BCUT2D eigenvalue weighted by atomic mass is 10.0. The molecule has 1 aliphatic heterocycles. The van der Waals surface area contributed by atoms with E-state index in [0.29, 0.717) is 6.42 Å². The molecule has 0 atom stereocenters. The van der Waals surface area contributed by atoms with Gasteiger partial charge >= 0.3 is 0 Å². The second-order valence-electron chi connectivity index (χ2n) is 7.12. The van der Waals surface area contributed by atoms with Crippen molar-refractivity contribution in [3.8, 4) is 5.75 Å². The molecule has 0 unspecified atom stereocenters. The first kappa shape index (κ1) is 19.4. The topological polar surface area (TPSA) is 32.8 Å². The number of hydrogen-bond donors (Lipinski definition) is 0. The summed E-state index contributed by atoms with van der Waals surface area (Å²) in [7, 11) is 1.66. The molecule has 1 saturated heterocycles. The second-order valence-corrected chi connectivity index (χ2v) is 7.12. The molecule has 0 N–H and O–H groups in total. The van der Waals surface area contributed by atoms with Gasteiger partial charge in [-0.3, -0.25) is 4.79 Å². The molecule has 0 saturated carbocycles. The highest BCUT2D eigenvalue weighted by atomic mass is 16.5. The fraction of sp³-hybridized carbons (Fsp3) is 0.435. The van der Waals surface area contributed by atoms with Crippen molar-refractivity contribution in [2.45, 2.75) is 38.6 Å². The van der Waals surface area contributed by atoms with Crippen LogP contribution in [0, 0.1) is 0 Å². The Kier molecular flexibility index (Phi) is 6.88. The minimum atomic E-state index is 0.197. The number of piperidine rings is 1. The standard InChI is InChI=1S/C23H30N2O2/c1-3-23(26)25(20-9-11-22(27-2)12-10-20)21-14-17-24(18-15-21)16-13-19-7-5-4-6-8-19/h4-12,21H,3,13-18H2,1-2H3. The van der Waals surface area contributed by atoms with Crippen LogP contribution in [0.15, 0.2) is 54.6 Å². The molecule has 1 aliphatic rings. The summed E-state index contributed by atoms with van der Waals surface area (Å²) in [6, 6.07) is 18.8. The highest BCUT2D eigenvalue weighted by molar-refractivity contribution is 5.93. The molecule has 0 spiro atoms. The van der Waals surface area contributed by atoms with Crippen molar-refractivity contribution in [1.29, 1.82) is 0 Å². The fourth-order valence-electron chi connectivity index (χ4n) is 3.80. The predicted octanol–water partition coefficient (Wildman–Crippen LogP) is 4.15. The summed E-state index contributed by atoms with van der Waals surface area (Å²) in [6.45, 7) is 5.11. The van der Waals surface area contributed by atoms with Gasteiger partial charge in [-0.25, -0.2) is 0 Å². The number of nitrogens with zero attached hydrogens (tertiary/aromatic N) is 2. The van der Waals surface area contributed by atoms with E-state index >= 15 is 0 Å². The van der Waals surface area contributed by atoms with E-state index in [0.717, 1.165) is 50.3 Å². The maximum atomic E-state index is 12.6. The van der Waals surface area contributed by atoms with E-state index in [4.69, 9.17) is 4.74 Å². The Balaban J connectivity index is 1.59. The third kappa shape index (κ3) is 5.10. The number of rotatable bonds is 7. The Morgan fingerprint density at radius 3 is 2.33 bits per heavy atom. The number of likely N-dealkylation sites (tertiary alicyclic amines) is 1. The van der Waals surface area contributed by atoms with Crippen LogP contribution in [0.4, 0.5) is 5.69 Å². The second kappa shape index (κ2) is 9.56.